The molecule has 1 aromatic rings. The lowest BCUT2D eigenvalue weighted by Crippen LogP contribution is -1.97. The van der Waals surface area contributed by atoms with Crippen LogP contribution in [0.15, 0.2) is 18.3 Å². The summed E-state index contributed by atoms with van der Waals surface area (Å²) in [5.41, 5.74) is 0. The van der Waals surface area contributed by atoms with E-state index in [9.17, 15) is 0 Å². The number of pyridine rings is 1. The van der Waals surface area contributed by atoms with Crippen LogP contribution in [0.3, 0.4) is 0 Å². The maximum Gasteiger partial charge on any atom is 0.137 e. The molecule has 0 saturated heterocycles. The first kappa shape index (κ1) is 9.81. The van der Waals surface area contributed by atoms with Crippen molar-refractivity contribution >= 4 is 27.5 Å². The first-order valence-corrected chi connectivity index (χ1v) is 5.13. The molecule has 66 valence electrons. The molecule has 0 spiro atoms. The minimum absolute atomic E-state index is 0.489. The molecule has 0 atom stereocenters. The average molecular weight is 251 g/mol. The van der Waals surface area contributed by atoms with Crippen molar-refractivity contribution in [2.75, 3.05) is 11.9 Å². The van der Waals surface area contributed by atoms with E-state index in [0.29, 0.717) is 11.8 Å². The Balaban J connectivity index is 2.37. The van der Waals surface area contributed by atoms with E-state index in [4.69, 9.17) is 16.3 Å². The zero-order valence-corrected chi connectivity index (χ0v) is 8.81. The third kappa shape index (κ3) is 3.41. The number of alkyl halides is 1. The highest BCUT2D eigenvalue weighted by Crippen LogP contribution is 2.12. The van der Waals surface area contributed by atoms with Gasteiger partial charge >= 0.3 is 0 Å². The van der Waals surface area contributed by atoms with Crippen molar-refractivity contribution in [1.29, 1.82) is 0 Å². The molecular formula is C8H9BrClNO. The number of ether oxygens (including phenoxy) is 1. The van der Waals surface area contributed by atoms with Gasteiger partial charge in [0.2, 0.25) is 0 Å². The Morgan fingerprint density at radius 3 is 2.92 bits per heavy atom. The highest BCUT2D eigenvalue weighted by atomic mass is 79.9. The molecule has 0 unspecified atom stereocenters. The van der Waals surface area contributed by atoms with E-state index in [1.165, 1.54) is 0 Å². The van der Waals surface area contributed by atoms with Crippen LogP contribution in [0.1, 0.15) is 6.42 Å². The van der Waals surface area contributed by atoms with Gasteiger partial charge in [-0.05, 0) is 18.6 Å². The summed E-state index contributed by atoms with van der Waals surface area (Å²) in [4.78, 5) is 3.89. The van der Waals surface area contributed by atoms with Gasteiger partial charge in [-0.25, -0.2) is 4.98 Å². The largest absolute Gasteiger partial charge is 0.492 e. The minimum atomic E-state index is 0.489. The van der Waals surface area contributed by atoms with Crippen molar-refractivity contribution in [3.63, 3.8) is 0 Å². The molecule has 0 amide bonds. The van der Waals surface area contributed by atoms with Crippen LogP contribution in [0.4, 0.5) is 0 Å². The van der Waals surface area contributed by atoms with Gasteiger partial charge in [0, 0.05) is 5.33 Å². The molecule has 1 heterocycles. The van der Waals surface area contributed by atoms with Gasteiger partial charge in [0.1, 0.15) is 10.9 Å². The number of nitrogens with zero attached hydrogens (tertiary/aromatic N) is 1. The molecule has 4 heteroatoms. The minimum Gasteiger partial charge on any atom is -0.492 e. The summed E-state index contributed by atoms with van der Waals surface area (Å²) < 4.78 is 5.35. The highest BCUT2D eigenvalue weighted by molar-refractivity contribution is 9.09. The second kappa shape index (κ2) is 5.38. The van der Waals surface area contributed by atoms with E-state index >= 15 is 0 Å². The van der Waals surface area contributed by atoms with Gasteiger partial charge < -0.3 is 4.74 Å². The van der Waals surface area contributed by atoms with Gasteiger partial charge in [-0.1, -0.05) is 27.5 Å². The van der Waals surface area contributed by atoms with E-state index < -0.39 is 0 Å². The van der Waals surface area contributed by atoms with Gasteiger partial charge in [0.25, 0.3) is 0 Å². The fourth-order valence-electron chi connectivity index (χ4n) is 0.692. The van der Waals surface area contributed by atoms with Crippen molar-refractivity contribution in [3.05, 3.63) is 23.5 Å². The molecule has 0 aliphatic heterocycles. The molecule has 0 aromatic carbocycles. The lowest BCUT2D eigenvalue weighted by atomic mass is 10.4. The highest BCUT2D eigenvalue weighted by Gasteiger charge is 1.93. The third-order valence-corrected chi connectivity index (χ3v) is 2.03. The van der Waals surface area contributed by atoms with E-state index in [1.807, 2.05) is 6.07 Å². The molecular weight excluding hydrogens is 241 g/mol. The smallest absolute Gasteiger partial charge is 0.137 e. The van der Waals surface area contributed by atoms with E-state index in [0.717, 1.165) is 17.5 Å². The Bertz CT molecular complexity index is 227. The molecule has 0 aliphatic rings. The van der Waals surface area contributed by atoms with Crippen molar-refractivity contribution in [1.82, 2.24) is 4.98 Å². The zero-order valence-electron chi connectivity index (χ0n) is 6.46. The zero-order chi connectivity index (χ0) is 8.81. The van der Waals surface area contributed by atoms with Gasteiger partial charge in [-0.15, -0.1) is 0 Å². The fraction of sp³-hybridized carbons (Fsp3) is 0.375. The van der Waals surface area contributed by atoms with Crippen LogP contribution < -0.4 is 4.74 Å². The summed E-state index contributed by atoms with van der Waals surface area (Å²) in [6.07, 6.45) is 2.61. The normalized spacial score (nSPS) is 9.83. The summed E-state index contributed by atoms with van der Waals surface area (Å²) in [7, 11) is 0. The molecule has 0 saturated carbocycles. The van der Waals surface area contributed by atoms with Crippen LogP contribution in [0, 0.1) is 0 Å². The molecule has 0 N–H and O–H groups in total. The van der Waals surface area contributed by atoms with Crippen LogP contribution in [-0.4, -0.2) is 16.9 Å². The third-order valence-electron chi connectivity index (χ3n) is 1.25. The SMILES string of the molecule is Clc1ccc(OCCCBr)cn1. The molecule has 12 heavy (non-hydrogen) atoms. The maximum atomic E-state index is 5.60. The predicted molar refractivity (Wildman–Crippen MR) is 53.2 cm³/mol. The van der Waals surface area contributed by atoms with Crippen molar-refractivity contribution in [3.8, 4) is 5.75 Å². The van der Waals surface area contributed by atoms with Crippen LogP contribution in [-0.2, 0) is 0 Å². The second-order valence-corrected chi connectivity index (χ2v) is 3.39. The quantitative estimate of drug-likeness (QED) is 0.466. The van der Waals surface area contributed by atoms with Gasteiger partial charge in [0.15, 0.2) is 0 Å². The Morgan fingerprint density at radius 1 is 1.50 bits per heavy atom. The van der Waals surface area contributed by atoms with E-state index in [1.54, 1.807) is 12.3 Å². The van der Waals surface area contributed by atoms with Crippen LogP contribution in [0.5, 0.6) is 5.75 Å². The summed E-state index contributed by atoms with van der Waals surface area (Å²) in [6, 6.07) is 3.52. The molecule has 1 aromatic heterocycles. The summed E-state index contributed by atoms with van der Waals surface area (Å²) in [5.74, 6) is 0.764. The first-order valence-electron chi connectivity index (χ1n) is 3.63. The number of hydrogen-bond acceptors (Lipinski definition) is 2. The van der Waals surface area contributed by atoms with Crippen LogP contribution in [0.2, 0.25) is 5.15 Å². The number of aromatic nitrogens is 1. The first-order chi connectivity index (χ1) is 5.83. The van der Waals surface area contributed by atoms with Crippen molar-refractivity contribution < 1.29 is 4.74 Å². The lowest BCUT2D eigenvalue weighted by Gasteiger charge is -2.03. The van der Waals surface area contributed by atoms with Crippen LogP contribution >= 0.6 is 27.5 Å². The standard InChI is InChI=1S/C8H9BrClNO/c9-4-1-5-12-7-2-3-8(10)11-6-7/h2-3,6H,1,4-5H2. The maximum absolute atomic E-state index is 5.60. The Labute approximate surface area is 85.0 Å². The second-order valence-electron chi connectivity index (χ2n) is 2.21. The predicted octanol–water partition coefficient (Wildman–Crippen LogP) is 2.90. The Kier molecular flexibility index (Phi) is 4.40. The van der Waals surface area contributed by atoms with Gasteiger partial charge in [0.05, 0.1) is 12.8 Å². The molecule has 0 aliphatic carbocycles. The summed E-state index contributed by atoms with van der Waals surface area (Å²) in [6.45, 7) is 0.703. The van der Waals surface area contributed by atoms with Gasteiger partial charge in [-0.2, -0.15) is 0 Å². The number of hydrogen-bond donors (Lipinski definition) is 0. The van der Waals surface area contributed by atoms with E-state index in [2.05, 4.69) is 20.9 Å². The average Bonchev–Trinajstić information content (AvgIpc) is 2.09. The van der Waals surface area contributed by atoms with Gasteiger partial charge in [-0.3, -0.25) is 0 Å². The molecule has 2 nitrogen and oxygen atoms in total. The topological polar surface area (TPSA) is 22.1 Å². The summed E-state index contributed by atoms with van der Waals surface area (Å²) in [5, 5.41) is 1.44. The number of rotatable bonds is 4. The monoisotopic (exact) mass is 249 g/mol. The summed E-state index contributed by atoms with van der Waals surface area (Å²) >= 11 is 8.92. The van der Waals surface area contributed by atoms with E-state index in [-0.39, 0.29) is 0 Å². The molecule has 0 fully saturated rings. The Hall–Kier alpha value is -0.280. The number of halogens is 2. The lowest BCUT2D eigenvalue weighted by molar-refractivity contribution is 0.318. The van der Waals surface area contributed by atoms with Crippen molar-refractivity contribution in [2.24, 2.45) is 0 Å². The molecule has 0 radical (unpaired) electrons. The van der Waals surface area contributed by atoms with Crippen molar-refractivity contribution in [2.45, 2.75) is 6.42 Å². The Morgan fingerprint density at radius 2 is 2.33 bits per heavy atom. The molecule has 1 rings (SSSR count). The fourth-order valence-corrected chi connectivity index (χ4v) is 1.03. The molecule has 0 bridgehead atoms. The van der Waals surface area contributed by atoms with Crippen LogP contribution in [0.25, 0.3) is 0 Å².